The fraction of sp³-hybridized carbons (Fsp3) is 0.412. The van der Waals surface area contributed by atoms with E-state index in [0.29, 0.717) is 24.5 Å². The number of piperidine rings is 1. The number of hydrogen-bond donors (Lipinski definition) is 1. The molecular formula is C17H20FN3O2. The molecule has 0 radical (unpaired) electrons. The Kier molecular flexibility index (Phi) is 4.43. The standard InChI is InChI=1S/C17H20FN3O2/c1-12-9-16(17(23)20-7-5-13(11-22)6-8-20)19-21(12)15-4-2-3-14(18)10-15/h2-4,9-10,13,22H,5-8,11H2,1H3. The van der Waals surface area contributed by atoms with E-state index in [1.54, 1.807) is 27.8 Å². The van der Waals surface area contributed by atoms with Crippen LogP contribution >= 0.6 is 0 Å². The quantitative estimate of drug-likeness (QED) is 0.944. The number of aromatic nitrogens is 2. The molecule has 23 heavy (non-hydrogen) atoms. The van der Waals surface area contributed by atoms with E-state index in [0.717, 1.165) is 18.5 Å². The number of amides is 1. The van der Waals surface area contributed by atoms with E-state index in [4.69, 9.17) is 0 Å². The van der Waals surface area contributed by atoms with Gasteiger partial charge in [-0.25, -0.2) is 9.07 Å². The Balaban J connectivity index is 1.79. The maximum Gasteiger partial charge on any atom is 0.274 e. The molecule has 5 nitrogen and oxygen atoms in total. The molecular weight excluding hydrogens is 297 g/mol. The van der Waals surface area contributed by atoms with Crippen LogP contribution in [-0.4, -0.2) is 45.4 Å². The lowest BCUT2D eigenvalue weighted by molar-refractivity contribution is 0.0644. The smallest absolute Gasteiger partial charge is 0.274 e. The average molecular weight is 317 g/mol. The first-order valence-corrected chi connectivity index (χ1v) is 7.81. The van der Waals surface area contributed by atoms with Crippen LogP contribution in [-0.2, 0) is 0 Å². The number of nitrogens with zero attached hydrogens (tertiary/aromatic N) is 3. The Hall–Kier alpha value is -2.21. The van der Waals surface area contributed by atoms with Crippen molar-refractivity contribution < 1.29 is 14.3 Å². The summed E-state index contributed by atoms with van der Waals surface area (Å²) >= 11 is 0. The molecule has 1 aliphatic rings. The van der Waals surface area contributed by atoms with Gasteiger partial charge in [-0.15, -0.1) is 0 Å². The highest BCUT2D eigenvalue weighted by Crippen LogP contribution is 2.19. The van der Waals surface area contributed by atoms with Gasteiger partial charge in [0, 0.05) is 25.4 Å². The largest absolute Gasteiger partial charge is 0.396 e. The van der Waals surface area contributed by atoms with Crippen molar-refractivity contribution in [2.75, 3.05) is 19.7 Å². The summed E-state index contributed by atoms with van der Waals surface area (Å²) in [5, 5.41) is 13.5. The van der Waals surface area contributed by atoms with Crippen molar-refractivity contribution in [1.82, 2.24) is 14.7 Å². The van der Waals surface area contributed by atoms with Gasteiger partial charge < -0.3 is 10.0 Å². The zero-order valence-corrected chi connectivity index (χ0v) is 13.1. The van der Waals surface area contributed by atoms with Crippen LogP contribution in [0.2, 0.25) is 0 Å². The Morgan fingerprint density at radius 1 is 1.35 bits per heavy atom. The minimum absolute atomic E-state index is 0.111. The van der Waals surface area contributed by atoms with Gasteiger partial charge in [-0.05, 0) is 49.9 Å². The van der Waals surface area contributed by atoms with Crippen molar-refractivity contribution in [3.8, 4) is 5.69 Å². The molecule has 0 atom stereocenters. The van der Waals surface area contributed by atoms with Gasteiger partial charge in [0.1, 0.15) is 5.82 Å². The number of hydrogen-bond acceptors (Lipinski definition) is 3. The third kappa shape index (κ3) is 3.27. The van der Waals surface area contributed by atoms with Crippen molar-refractivity contribution in [3.05, 3.63) is 47.5 Å². The molecule has 2 aromatic rings. The van der Waals surface area contributed by atoms with E-state index >= 15 is 0 Å². The molecule has 0 unspecified atom stereocenters. The van der Waals surface area contributed by atoms with Crippen LogP contribution in [0.1, 0.15) is 29.0 Å². The molecule has 1 aromatic carbocycles. The summed E-state index contributed by atoms with van der Waals surface area (Å²) in [7, 11) is 0. The van der Waals surface area contributed by atoms with Crippen LogP contribution in [0.4, 0.5) is 4.39 Å². The molecule has 0 aliphatic carbocycles. The van der Waals surface area contributed by atoms with Crippen LogP contribution in [0.3, 0.4) is 0 Å². The van der Waals surface area contributed by atoms with Crippen molar-refractivity contribution in [2.45, 2.75) is 19.8 Å². The van der Waals surface area contributed by atoms with Crippen molar-refractivity contribution >= 4 is 5.91 Å². The number of benzene rings is 1. The fourth-order valence-corrected chi connectivity index (χ4v) is 2.93. The van der Waals surface area contributed by atoms with Crippen LogP contribution in [0.5, 0.6) is 0 Å². The predicted molar refractivity (Wildman–Crippen MR) is 84.0 cm³/mol. The number of aryl methyl sites for hydroxylation is 1. The van der Waals surface area contributed by atoms with Gasteiger partial charge in [-0.2, -0.15) is 5.10 Å². The first-order chi connectivity index (χ1) is 11.1. The zero-order valence-electron chi connectivity index (χ0n) is 13.1. The highest BCUT2D eigenvalue weighted by atomic mass is 19.1. The number of halogens is 1. The Morgan fingerprint density at radius 3 is 2.74 bits per heavy atom. The number of aliphatic hydroxyl groups is 1. The predicted octanol–water partition coefficient (Wildman–Crippen LogP) is 2.16. The molecule has 0 bridgehead atoms. The molecule has 3 rings (SSSR count). The first kappa shape index (κ1) is 15.7. The molecule has 1 aromatic heterocycles. The number of carbonyl (C=O) groups excluding carboxylic acids is 1. The Morgan fingerprint density at radius 2 is 2.09 bits per heavy atom. The van der Waals surface area contributed by atoms with Gasteiger partial charge >= 0.3 is 0 Å². The number of aliphatic hydroxyl groups excluding tert-OH is 1. The summed E-state index contributed by atoms with van der Waals surface area (Å²) in [5.41, 5.74) is 1.75. The summed E-state index contributed by atoms with van der Waals surface area (Å²) in [5.74, 6) is -0.165. The fourth-order valence-electron chi connectivity index (χ4n) is 2.93. The second kappa shape index (κ2) is 6.50. The molecule has 0 saturated carbocycles. The van der Waals surface area contributed by atoms with Crippen molar-refractivity contribution in [3.63, 3.8) is 0 Å². The van der Waals surface area contributed by atoms with Gasteiger partial charge in [0.05, 0.1) is 5.69 Å². The van der Waals surface area contributed by atoms with E-state index in [-0.39, 0.29) is 24.2 Å². The summed E-state index contributed by atoms with van der Waals surface area (Å²) in [4.78, 5) is 14.3. The lowest BCUT2D eigenvalue weighted by Crippen LogP contribution is -2.39. The number of likely N-dealkylation sites (tertiary alicyclic amines) is 1. The molecule has 1 saturated heterocycles. The molecule has 1 fully saturated rings. The van der Waals surface area contributed by atoms with E-state index in [1.165, 1.54) is 12.1 Å². The minimum atomic E-state index is -0.337. The summed E-state index contributed by atoms with van der Waals surface area (Å²) in [6.45, 7) is 3.29. The third-order valence-corrected chi connectivity index (χ3v) is 4.32. The van der Waals surface area contributed by atoms with E-state index in [2.05, 4.69) is 5.10 Å². The lowest BCUT2D eigenvalue weighted by atomic mass is 9.98. The van der Waals surface area contributed by atoms with E-state index in [9.17, 15) is 14.3 Å². The second-order valence-electron chi connectivity index (χ2n) is 5.98. The third-order valence-electron chi connectivity index (χ3n) is 4.32. The molecule has 1 N–H and O–H groups in total. The SMILES string of the molecule is Cc1cc(C(=O)N2CCC(CO)CC2)nn1-c1cccc(F)c1. The summed E-state index contributed by atoms with van der Waals surface area (Å²) < 4.78 is 15.0. The highest BCUT2D eigenvalue weighted by Gasteiger charge is 2.25. The number of carbonyl (C=O) groups is 1. The number of rotatable bonds is 3. The highest BCUT2D eigenvalue weighted by molar-refractivity contribution is 5.92. The molecule has 2 heterocycles. The maximum absolute atomic E-state index is 13.4. The van der Waals surface area contributed by atoms with E-state index in [1.807, 2.05) is 6.92 Å². The summed E-state index contributed by atoms with van der Waals surface area (Å²) in [6, 6.07) is 7.86. The lowest BCUT2D eigenvalue weighted by Gasteiger charge is -2.30. The van der Waals surface area contributed by atoms with Crippen molar-refractivity contribution in [2.24, 2.45) is 5.92 Å². The van der Waals surface area contributed by atoms with Gasteiger partial charge in [-0.3, -0.25) is 4.79 Å². The Labute approximate surface area is 134 Å². The topological polar surface area (TPSA) is 58.4 Å². The van der Waals surface area contributed by atoms with Crippen LogP contribution in [0, 0.1) is 18.7 Å². The van der Waals surface area contributed by atoms with Crippen LogP contribution < -0.4 is 0 Å². The average Bonchev–Trinajstić information content (AvgIpc) is 2.96. The molecule has 6 heteroatoms. The van der Waals surface area contributed by atoms with Crippen LogP contribution in [0.15, 0.2) is 30.3 Å². The second-order valence-corrected chi connectivity index (χ2v) is 5.98. The maximum atomic E-state index is 13.4. The van der Waals surface area contributed by atoms with Gasteiger partial charge in [-0.1, -0.05) is 6.07 Å². The molecule has 1 aliphatic heterocycles. The van der Waals surface area contributed by atoms with Crippen LogP contribution in [0.25, 0.3) is 5.69 Å². The van der Waals surface area contributed by atoms with Crippen molar-refractivity contribution in [1.29, 1.82) is 0 Å². The first-order valence-electron chi connectivity index (χ1n) is 7.81. The Bertz CT molecular complexity index is 706. The molecule has 122 valence electrons. The van der Waals surface area contributed by atoms with Gasteiger partial charge in [0.15, 0.2) is 5.69 Å². The van der Waals surface area contributed by atoms with Gasteiger partial charge in [0.2, 0.25) is 0 Å². The monoisotopic (exact) mass is 317 g/mol. The minimum Gasteiger partial charge on any atom is -0.396 e. The summed E-state index contributed by atoms with van der Waals surface area (Å²) in [6.07, 6.45) is 1.62. The normalized spacial score (nSPS) is 15.9. The zero-order chi connectivity index (χ0) is 16.4. The molecule has 0 spiro atoms. The van der Waals surface area contributed by atoms with E-state index < -0.39 is 0 Å². The molecule has 1 amide bonds. The van der Waals surface area contributed by atoms with Gasteiger partial charge in [0.25, 0.3) is 5.91 Å².